The van der Waals surface area contributed by atoms with Crippen LogP contribution in [0.3, 0.4) is 0 Å². The molecule has 320 valence electrons. The number of ether oxygens (including phenoxy) is 3. The van der Waals surface area contributed by atoms with Crippen LogP contribution in [0.2, 0.25) is 0 Å². The van der Waals surface area contributed by atoms with Gasteiger partial charge in [-0.1, -0.05) is 93.0 Å². The third-order valence-electron chi connectivity index (χ3n) is 17.9. The number of carboxylic acids is 1. The number of allylic oxidation sites excluding steroid dienone is 1. The summed E-state index contributed by atoms with van der Waals surface area (Å²) >= 11 is 0. The number of benzene rings is 1. The van der Waals surface area contributed by atoms with E-state index in [1.165, 1.54) is 5.57 Å². The zero-order valence-electron chi connectivity index (χ0n) is 37.5. The van der Waals surface area contributed by atoms with Crippen LogP contribution in [0.25, 0.3) is 11.4 Å². The van der Waals surface area contributed by atoms with E-state index < -0.39 is 22.8 Å². The van der Waals surface area contributed by atoms with Gasteiger partial charge >= 0.3 is 11.9 Å². The van der Waals surface area contributed by atoms with Crippen molar-refractivity contribution in [2.24, 2.45) is 67.8 Å². The van der Waals surface area contributed by atoms with Gasteiger partial charge in [-0.3, -0.25) is 4.79 Å². The predicted octanol–water partition coefficient (Wildman–Crippen LogP) is 9.40. The maximum atomic E-state index is 13.6. The second kappa shape index (κ2) is 14.5. The van der Waals surface area contributed by atoms with Gasteiger partial charge in [0.15, 0.2) is 5.82 Å². The fraction of sp³-hybridized carbons (Fsp3) is 0.750. The Hall–Kier alpha value is -3.08. The molecular formula is C48H72N4O6. The Morgan fingerprint density at radius 1 is 1.02 bits per heavy atom. The Morgan fingerprint density at radius 3 is 2.33 bits per heavy atom. The SMILES string of the molecule is CCOC(=O)c1ccc(-c2ncnn2[C@@H]2C[C@@]34COC[C@](C)([C@@H]3CC[C@H]3C4=CC[C@@]4(C)[C@H](C(=O)O)[C@@](C)([C@H](C)C(C)C)CC[C@]34C)[C@H]2OC[C@](C)(N)C(C)(C)C)cc1. The van der Waals surface area contributed by atoms with Gasteiger partial charge in [-0.25, -0.2) is 14.5 Å². The van der Waals surface area contributed by atoms with Gasteiger partial charge in [0.1, 0.15) is 6.33 Å². The van der Waals surface area contributed by atoms with E-state index >= 15 is 0 Å². The van der Waals surface area contributed by atoms with Gasteiger partial charge < -0.3 is 25.1 Å². The Kier molecular flexibility index (Phi) is 10.8. The number of carbonyl (C=O) groups excluding carboxylic acids is 1. The van der Waals surface area contributed by atoms with E-state index in [1.54, 1.807) is 25.4 Å². The zero-order chi connectivity index (χ0) is 42.4. The summed E-state index contributed by atoms with van der Waals surface area (Å²) in [5, 5.41) is 16.2. The molecule has 4 aliphatic carbocycles. The van der Waals surface area contributed by atoms with Crippen LogP contribution in [0, 0.1) is 62.1 Å². The molecule has 7 rings (SSSR count). The molecule has 0 spiro atoms. The van der Waals surface area contributed by atoms with E-state index in [0.29, 0.717) is 43.8 Å². The number of nitrogens with zero attached hydrogens (tertiary/aromatic N) is 3. The van der Waals surface area contributed by atoms with Gasteiger partial charge in [0.05, 0.1) is 50.1 Å². The number of nitrogens with two attached hydrogens (primary N) is 1. The van der Waals surface area contributed by atoms with Gasteiger partial charge in [0.25, 0.3) is 0 Å². The standard InChI is InChI=1S/C48H72N4O6/c1-13-57-41(55)32-16-14-31(15-17-32)39-50-28-51-52(39)35-24-48-27-56-25-44(9,38(35)58-26-47(12,49)42(5,6)7)36(48)19-18-33-34(48)20-21-46(11)37(40(53)54)43(8,30(4)29(2)3)22-23-45(33,46)10/h14-17,20,28-30,33,35-38H,13,18-19,21-27,49H2,1-12H3,(H,53,54)/t30-,33+,35-,36+,37-,38+,43-,44-,45-,46+,47+,48+/m1/s1. The van der Waals surface area contributed by atoms with Crippen molar-refractivity contribution >= 4 is 11.9 Å². The van der Waals surface area contributed by atoms with Crippen molar-refractivity contribution in [1.29, 1.82) is 0 Å². The van der Waals surface area contributed by atoms with E-state index in [4.69, 9.17) is 30.0 Å². The summed E-state index contributed by atoms with van der Waals surface area (Å²) in [7, 11) is 0. The van der Waals surface area contributed by atoms with Gasteiger partial charge in [-0.15, -0.1) is 0 Å². The number of aromatic nitrogens is 3. The highest BCUT2D eigenvalue weighted by Crippen LogP contribution is 2.75. The van der Waals surface area contributed by atoms with E-state index in [1.807, 2.05) is 12.1 Å². The summed E-state index contributed by atoms with van der Waals surface area (Å²) in [6.45, 7) is 28.4. The van der Waals surface area contributed by atoms with Gasteiger partial charge in [0, 0.05) is 21.9 Å². The van der Waals surface area contributed by atoms with Crippen molar-refractivity contribution < 1.29 is 28.9 Å². The first-order chi connectivity index (χ1) is 27.0. The Bertz CT molecular complexity index is 1910. The molecule has 2 bridgehead atoms. The van der Waals surface area contributed by atoms with Crippen LogP contribution in [-0.4, -0.2) is 69.9 Å². The molecule has 58 heavy (non-hydrogen) atoms. The molecule has 5 aliphatic rings. The largest absolute Gasteiger partial charge is 0.481 e. The first-order valence-corrected chi connectivity index (χ1v) is 22.1. The minimum Gasteiger partial charge on any atom is -0.481 e. The van der Waals surface area contributed by atoms with Crippen LogP contribution in [-0.2, 0) is 19.0 Å². The fourth-order valence-electron chi connectivity index (χ4n) is 13.3. The van der Waals surface area contributed by atoms with Crippen molar-refractivity contribution in [1.82, 2.24) is 14.8 Å². The van der Waals surface area contributed by atoms with Crippen LogP contribution in [0.1, 0.15) is 138 Å². The number of carbonyl (C=O) groups is 2. The van der Waals surface area contributed by atoms with Crippen LogP contribution in [0.4, 0.5) is 0 Å². The molecule has 2 heterocycles. The maximum Gasteiger partial charge on any atom is 0.338 e. The van der Waals surface area contributed by atoms with E-state index in [-0.39, 0.29) is 57.0 Å². The normalized spacial score (nSPS) is 38.7. The lowest BCUT2D eigenvalue weighted by Gasteiger charge is -2.71. The third kappa shape index (κ3) is 6.26. The summed E-state index contributed by atoms with van der Waals surface area (Å²) in [5.41, 5.74) is 7.50. The molecule has 0 unspecified atom stereocenters. The second-order valence-electron chi connectivity index (χ2n) is 21.8. The predicted molar refractivity (Wildman–Crippen MR) is 226 cm³/mol. The first kappa shape index (κ1) is 43.0. The number of aliphatic carboxylic acids is 1. The number of rotatable bonds is 10. The molecule has 0 radical (unpaired) electrons. The fourth-order valence-corrected chi connectivity index (χ4v) is 13.3. The molecule has 10 nitrogen and oxygen atoms in total. The molecule has 12 atom stereocenters. The molecule has 3 N–H and O–H groups in total. The molecule has 2 aromatic rings. The molecule has 1 saturated heterocycles. The second-order valence-corrected chi connectivity index (χ2v) is 21.8. The van der Waals surface area contributed by atoms with Gasteiger partial charge in [-0.2, -0.15) is 5.10 Å². The van der Waals surface area contributed by atoms with E-state index in [2.05, 4.69) is 86.9 Å². The molecule has 4 fully saturated rings. The Morgan fingerprint density at radius 2 is 1.71 bits per heavy atom. The Balaban J connectivity index is 1.34. The average molecular weight is 801 g/mol. The highest BCUT2D eigenvalue weighted by Gasteiger charge is 2.72. The summed E-state index contributed by atoms with van der Waals surface area (Å²) in [4.78, 5) is 31.0. The third-order valence-corrected chi connectivity index (χ3v) is 17.9. The van der Waals surface area contributed by atoms with Crippen LogP contribution in [0.15, 0.2) is 42.2 Å². The summed E-state index contributed by atoms with van der Waals surface area (Å²) in [6, 6.07) is 7.23. The lowest BCUT2D eigenvalue weighted by molar-refractivity contribution is -0.253. The van der Waals surface area contributed by atoms with Crippen molar-refractivity contribution in [3.05, 3.63) is 47.8 Å². The highest BCUT2D eigenvalue weighted by atomic mass is 16.5. The number of esters is 1. The van der Waals surface area contributed by atoms with Crippen molar-refractivity contribution in [3.63, 3.8) is 0 Å². The number of hydrogen-bond acceptors (Lipinski definition) is 8. The number of hydrogen-bond donors (Lipinski definition) is 2. The number of fused-ring (bicyclic) bond motifs is 3. The molecule has 3 saturated carbocycles. The lowest BCUT2D eigenvalue weighted by atomic mass is 9.34. The zero-order valence-corrected chi connectivity index (χ0v) is 37.5. The summed E-state index contributed by atoms with van der Waals surface area (Å²) in [5.74, 6) is 0.492. The van der Waals surface area contributed by atoms with E-state index in [9.17, 15) is 14.7 Å². The van der Waals surface area contributed by atoms with Crippen molar-refractivity contribution in [2.75, 3.05) is 26.4 Å². The quantitative estimate of drug-likeness (QED) is 0.178. The first-order valence-electron chi connectivity index (χ1n) is 22.1. The van der Waals surface area contributed by atoms with Gasteiger partial charge in [-0.05, 0) is 110 Å². The molecule has 1 aromatic carbocycles. The van der Waals surface area contributed by atoms with Crippen LogP contribution < -0.4 is 5.73 Å². The Labute approximate surface area is 347 Å². The smallest absolute Gasteiger partial charge is 0.338 e. The van der Waals surface area contributed by atoms with E-state index in [0.717, 1.165) is 49.9 Å². The maximum absolute atomic E-state index is 13.6. The topological polar surface area (TPSA) is 139 Å². The van der Waals surface area contributed by atoms with Gasteiger partial charge in [0.2, 0.25) is 0 Å². The highest BCUT2D eigenvalue weighted by molar-refractivity contribution is 5.89. The lowest BCUT2D eigenvalue weighted by Crippen LogP contribution is -2.69. The molecular weight excluding hydrogens is 729 g/mol. The minimum absolute atomic E-state index is 0.195. The molecule has 1 aromatic heterocycles. The molecule has 10 heteroatoms. The average Bonchev–Trinajstić information content (AvgIpc) is 3.64. The van der Waals surface area contributed by atoms with Crippen molar-refractivity contribution in [2.45, 2.75) is 139 Å². The molecule has 0 amide bonds. The number of carboxylic acid groups (broad SMARTS) is 1. The monoisotopic (exact) mass is 801 g/mol. The summed E-state index contributed by atoms with van der Waals surface area (Å²) < 4.78 is 21.4. The van der Waals surface area contributed by atoms with Crippen molar-refractivity contribution in [3.8, 4) is 11.4 Å². The minimum atomic E-state index is -0.644. The van der Waals surface area contributed by atoms with Crippen LogP contribution in [0.5, 0.6) is 0 Å². The molecule has 1 aliphatic heterocycles. The van der Waals surface area contributed by atoms with Crippen LogP contribution >= 0.6 is 0 Å². The summed E-state index contributed by atoms with van der Waals surface area (Å²) in [6.07, 6.45) is 9.31.